The Labute approximate surface area is 113 Å². The molecule has 0 unspecified atom stereocenters. The van der Waals surface area contributed by atoms with Gasteiger partial charge >= 0.3 is 0 Å². The molecule has 0 radical (unpaired) electrons. The molecule has 1 aliphatic rings. The van der Waals surface area contributed by atoms with Crippen LogP contribution in [0.2, 0.25) is 5.02 Å². The quantitative estimate of drug-likeness (QED) is 0.839. The molecule has 1 saturated carbocycles. The third-order valence-corrected chi connectivity index (χ3v) is 5.20. The van der Waals surface area contributed by atoms with Crippen molar-refractivity contribution in [3.8, 4) is 0 Å². The minimum Gasteiger partial charge on any atom is -0.398 e. The summed E-state index contributed by atoms with van der Waals surface area (Å²) < 4.78 is 27.3. The van der Waals surface area contributed by atoms with Gasteiger partial charge in [0.25, 0.3) is 0 Å². The highest BCUT2D eigenvalue weighted by Crippen LogP contribution is 2.27. The van der Waals surface area contributed by atoms with Crippen molar-refractivity contribution in [2.75, 3.05) is 5.73 Å². The first-order valence-electron chi connectivity index (χ1n) is 5.98. The average Bonchev–Trinajstić information content (AvgIpc) is 2.75. The number of hydrogen-bond donors (Lipinski definition) is 2. The van der Waals surface area contributed by atoms with Crippen LogP contribution in [0.15, 0.2) is 17.0 Å². The first-order valence-corrected chi connectivity index (χ1v) is 7.84. The van der Waals surface area contributed by atoms with Gasteiger partial charge in [-0.2, -0.15) is 0 Å². The lowest BCUT2D eigenvalue weighted by molar-refractivity contribution is 0.552. The molecule has 4 nitrogen and oxygen atoms in total. The van der Waals surface area contributed by atoms with E-state index in [0.29, 0.717) is 16.3 Å². The SMILES string of the molecule is Cc1c(N)cc(Cl)cc1S(=O)(=O)NC1CCCC1. The molecule has 1 fully saturated rings. The van der Waals surface area contributed by atoms with Crippen LogP contribution in [-0.2, 0) is 10.0 Å². The summed E-state index contributed by atoms with van der Waals surface area (Å²) in [5, 5.41) is 0.338. The maximum atomic E-state index is 12.3. The van der Waals surface area contributed by atoms with Gasteiger partial charge in [-0.1, -0.05) is 24.4 Å². The Hall–Kier alpha value is -0.780. The second kappa shape index (κ2) is 5.07. The summed E-state index contributed by atoms with van der Waals surface area (Å²) in [5.41, 5.74) is 6.69. The highest BCUT2D eigenvalue weighted by atomic mass is 35.5. The number of halogens is 1. The Morgan fingerprint density at radius 3 is 2.56 bits per heavy atom. The van der Waals surface area contributed by atoms with Crippen molar-refractivity contribution < 1.29 is 8.42 Å². The van der Waals surface area contributed by atoms with Crippen LogP contribution in [-0.4, -0.2) is 14.5 Å². The fourth-order valence-corrected chi connectivity index (χ4v) is 4.18. The fourth-order valence-electron chi connectivity index (χ4n) is 2.28. The van der Waals surface area contributed by atoms with Crippen LogP contribution in [0.5, 0.6) is 0 Å². The van der Waals surface area contributed by atoms with E-state index in [4.69, 9.17) is 17.3 Å². The molecule has 2 rings (SSSR count). The molecule has 6 heteroatoms. The van der Waals surface area contributed by atoms with Gasteiger partial charge in [-0.05, 0) is 37.5 Å². The van der Waals surface area contributed by atoms with E-state index in [9.17, 15) is 8.42 Å². The highest BCUT2D eigenvalue weighted by Gasteiger charge is 2.25. The van der Waals surface area contributed by atoms with E-state index in [1.807, 2.05) is 0 Å². The summed E-state index contributed by atoms with van der Waals surface area (Å²) in [5.74, 6) is 0. The maximum absolute atomic E-state index is 12.3. The molecule has 0 amide bonds. The standard InChI is InChI=1S/C12H17ClN2O2S/c1-8-11(14)6-9(13)7-12(8)18(16,17)15-10-4-2-3-5-10/h6-7,10,15H,2-5,14H2,1H3. The van der Waals surface area contributed by atoms with E-state index in [2.05, 4.69) is 4.72 Å². The van der Waals surface area contributed by atoms with Gasteiger partial charge in [-0.15, -0.1) is 0 Å². The van der Waals surface area contributed by atoms with Gasteiger partial charge in [-0.3, -0.25) is 0 Å². The van der Waals surface area contributed by atoms with Crippen LogP contribution < -0.4 is 10.5 Å². The van der Waals surface area contributed by atoms with Gasteiger partial charge in [0.2, 0.25) is 10.0 Å². The van der Waals surface area contributed by atoms with Crippen molar-refractivity contribution >= 4 is 27.3 Å². The predicted octanol–water partition coefficient (Wildman–Crippen LogP) is 2.45. The number of benzene rings is 1. The molecule has 1 aromatic carbocycles. The molecule has 0 atom stereocenters. The Balaban J connectivity index is 2.34. The van der Waals surface area contributed by atoms with Crippen LogP contribution in [0.3, 0.4) is 0 Å². The fraction of sp³-hybridized carbons (Fsp3) is 0.500. The molecule has 0 aliphatic heterocycles. The molecule has 100 valence electrons. The molecule has 0 saturated heterocycles. The molecule has 1 aliphatic carbocycles. The molecule has 0 bridgehead atoms. The van der Waals surface area contributed by atoms with Crippen molar-refractivity contribution in [2.24, 2.45) is 0 Å². The first kappa shape index (κ1) is 13.6. The molecule has 3 N–H and O–H groups in total. The zero-order valence-corrected chi connectivity index (χ0v) is 11.8. The number of sulfonamides is 1. The number of rotatable bonds is 3. The van der Waals surface area contributed by atoms with E-state index in [1.54, 1.807) is 13.0 Å². The van der Waals surface area contributed by atoms with Crippen molar-refractivity contribution in [2.45, 2.75) is 43.5 Å². The third kappa shape index (κ3) is 2.79. The van der Waals surface area contributed by atoms with Gasteiger partial charge in [0.15, 0.2) is 0 Å². The van der Waals surface area contributed by atoms with Crippen molar-refractivity contribution in [3.63, 3.8) is 0 Å². The number of nitrogen functional groups attached to an aromatic ring is 1. The molecule has 18 heavy (non-hydrogen) atoms. The lowest BCUT2D eigenvalue weighted by atomic mass is 10.2. The lowest BCUT2D eigenvalue weighted by Gasteiger charge is -2.15. The second-order valence-electron chi connectivity index (χ2n) is 4.72. The van der Waals surface area contributed by atoms with E-state index < -0.39 is 10.0 Å². The Morgan fingerprint density at radius 2 is 1.94 bits per heavy atom. The Bertz CT molecular complexity index is 551. The summed E-state index contributed by atoms with van der Waals surface area (Å²) in [6.45, 7) is 1.69. The molecular weight excluding hydrogens is 272 g/mol. The smallest absolute Gasteiger partial charge is 0.241 e. The zero-order valence-electron chi connectivity index (χ0n) is 10.2. The summed E-state index contributed by atoms with van der Waals surface area (Å²) in [7, 11) is -3.53. The molecule has 0 aromatic heterocycles. The predicted molar refractivity (Wildman–Crippen MR) is 73.2 cm³/mol. The minimum atomic E-state index is -3.53. The number of nitrogens with one attached hydrogen (secondary N) is 1. The average molecular weight is 289 g/mol. The lowest BCUT2D eigenvalue weighted by Crippen LogP contribution is -2.33. The molecule has 0 heterocycles. The van der Waals surface area contributed by atoms with Gasteiger partial charge in [0.1, 0.15) is 0 Å². The summed E-state index contributed by atoms with van der Waals surface area (Å²) >= 11 is 5.87. The van der Waals surface area contributed by atoms with E-state index in [0.717, 1.165) is 25.7 Å². The second-order valence-corrected chi connectivity index (χ2v) is 6.84. The molecule has 0 spiro atoms. The number of hydrogen-bond acceptors (Lipinski definition) is 3. The molecular formula is C12H17ClN2O2S. The van der Waals surface area contributed by atoms with Crippen LogP contribution >= 0.6 is 11.6 Å². The van der Waals surface area contributed by atoms with Crippen molar-refractivity contribution in [1.29, 1.82) is 0 Å². The minimum absolute atomic E-state index is 0.0367. The number of anilines is 1. The van der Waals surface area contributed by atoms with E-state index >= 15 is 0 Å². The topological polar surface area (TPSA) is 72.2 Å². The largest absolute Gasteiger partial charge is 0.398 e. The highest BCUT2D eigenvalue weighted by molar-refractivity contribution is 7.89. The van der Waals surface area contributed by atoms with Crippen LogP contribution in [0.1, 0.15) is 31.2 Å². The normalized spacial score (nSPS) is 17.2. The van der Waals surface area contributed by atoms with Crippen molar-refractivity contribution in [3.05, 3.63) is 22.7 Å². The van der Waals surface area contributed by atoms with Gasteiger partial charge in [-0.25, -0.2) is 13.1 Å². The Kier molecular flexibility index (Phi) is 3.84. The van der Waals surface area contributed by atoms with Crippen LogP contribution in [0.4, 0.5) is 5.69 Å². The number of nitrogens with two attached hydrogens (primary N) is 1. The van der Waals surface area contributed by atoms with E-state index in [1.165, 1.54) is 6.07 Å². The van der Waals surface area contributed by atoms with Crippen molar-refractivity contribution in [1.82, 2.24) is 4.72 Å². The molecule has 1 aromatic rings. The maximum Gasteiger partial charge on any atom is 0.241 e. The zero-order chi connectivity index (χ0) is 13.3. The third-order valence-electron chi connectivity index (χ3n) is 3.33. The summed E-state index contributed by atoms with van der Waals surface area (Å²) in [6.07, 6.45) is 3.94. The van der Waals surface area contributed by atoms with Gasteiger partial charge in [0.05, 0.1) is 4.90 Å². The van der Waals surface area contributed by atoms with Crippen LogP contribution in [0.25, 0.3) is 0 Å². The first-order chi connectivity index (χ1) is 8.40. The Morgan fingerprint density at radius 1 is 1.33 bits per heavy atom. The van der Waals surface area contributed by atoms with Gasteiger partial charge < -0.3 is 5.73 Å². The monoisotopic (exact) mass is 288 g/mol. The van der Waals surface area contributed by atoms with E-state index in [-0.39, 0.29) is 10.9 Å². The van der Waals surface area contributed by atoms with Gasteiger partial charge in [0, 0.05) is 16.8 Å². The summed E-state index contributed by atoms with van der Waals surface area (Å²) in [4.78, 5) is 0.180. The van der Waals surface area contributed by atoms with Crippen LogP contribution in [0, 0.1) is 6.92 Å². The summed E-state index contributed by atoms with van der Waals surface area (Å²) in [6, 6.07) is 3.05.